The van der Waals surface area contributed by atoms with E-state index >= 15 is 0 Å². The van der Waals surface area contributed by atoms with Crippen molar-refractivity contribution < 1.29 is 18.7 Å². The summed E-state index contributed by atoms with van der Waals surface area (Å²) in [6.45, 7) is 9.05. The molecule has 2 aromatic rings. The first kappa shape index (κ1) is 26.3. The maximum absolute atomic E-state index is 14.0. The van der Waals surface area contributed by atoms with Crippen LogP contribution < -0.4 is 5.32 Å². The highest BCUT2D eigenvalue weighted by Gasteiger charge is 2.42. The lowest BCUT2D eigenvalue weighted by atomic mass is 10.0. The molecule has 208 valence electrons. The SMILES string of the molecule is Cc1nc(C2CC2)nc(C)c1C(=O)N1CC2CN(CC[C@H](NC(=O)C3CCOC3)c3cccc(F)c3)CC2C1. The highest BCUT2D eigenvalue weighted by Crippen LogP contribution is 2.39. The van der Waals surface area contributed by atoms with Crippen LogP contribution in [0.25, 0.3) is 0 Å². The minimum absolute atomic E-state index is 0.0195. The highest BCUT2D eigenvalue weighted by molar-refractivity contribution is 5.96. The van der Waals surface area contributed by atoms with E-state index in [1.807, 2.05) is 24.8 Å². The van der Waals surface area contributed by atoms with Gasteiger partial charge in [-0.2, -0.15) is 0 Å². The molecule has 1 aromatic heterocycles. The van der Waals surface area contributed by atoms with E-state index < -0.39 is 0 Å². The lowest BCUT2D eigenvalue weighted by molar-refractivity contribution is -0.125. The van der Waals surface area contributed by atoms with Crippen LogP contribution in [0.1, 0.15) is 70.8 Å². The van der Waals surface area contributed by atoms with E-state index in [0.717, 1.165) is 74.8 Å². The monoisotopic (exact) mass is 535 g/mol. The standard InChI is InChI=1S/C30H38FN5O3/c1-18-27(19(2)33-28(32-18)20-6-7-20)30(38)36-15-23-13-35(14-24(23)16-36)10-8-26(21-4-3-5-25(31)12-21)34-29(37)22-9-11-39-17-22/h3-5,12,20,22-24,26H,6-11,13-17H2,1-2H3,(H,34,37)/t22?,23?,24?,26-/m0/s1. The van der Waals surface area contributed by atoms with E-state index in [9.17, 15) is 14.0 Å². The molecule has 4 heterocycles. The number of carbonyl (C=O) groups excluding carboxylic acids is 2. The third kappa shape index (κ3) is 5.70. The lowest BCUT2D eigenvalue weighted by Gasteiger charge is -2.26. The van der Waals surface area contributed by atoms with Crippen LogP contribution in [0.5, 0.6) is 0 Å². The summed E-state index contributed by atoms with van der Waals surface area (Å²) in [6.07, 6.45) is 3.71. The minimum Gasteiger partial charge on any atom is -0.381 e. The molecule has 3 saturated heterocycles. The second kappa shape index (κ2) is 10.9. The molecule has 8 nitrogen and oxygen atoms in total. The molecule has 1 aliphatic carbocycles. The Morgan fingerprint density at radius 1 is 1.08 bits per heavy atom. The Morgan fingerprint density at radius 2 is 1.79 bits per heavy atom. The van der Waals surface area contributed by atoms with E-state index in [1.165, 1.54) is 12.1 Å². The first-order valence-electron chi connectivity index (χ1n) is 14.4. The van der Waals surface area contributed by atoms with Gasteiger partial charge in [0, 0.05) is 45.2 Å². The number of aryl methyl sites for hydroxylation is 2. The van der Waals surface area contributed by atoms with Crippen molar-refractivity contribution in [3.63, 3.8) is 0 Å². The fraction of sp³-hybridized carbons (Fsp3) is 0.600. The highest BCUT2D eigenvalue weighted by atomic mass is 19.1. The van der Waals surface area contributed by atoms with Crippen molar-refractivity contribution >= 4 is 11.8 Å². The molecule has 39 heavy (non-hydrogen) atoms. The van der Waals surface area contributed by atoms with E-state index in [-0.39, 0.29) is 29.6 Å². The minimum atomic E-state index is -0.297. The number of likely N-dealkylation sites (tertiary alicyclic amines) is 2. The summed E-state index contributed by atoms with van der Waals surface area (Å²) in [5, 5.41) is 3.17. The number of aromatic nitrogens is 2. The molecule has 0 radical (unpaired) electrons. The molecular formula is C30H38FN5O3. The number of fused-ring (bicyclic) bond motifs is 1. The molecule has 1 saturated carbocycles. The smallest absolute Gasteiger partial charge is 0.257 e. The summed E-state index contributed by atoms with van der Waals surface area (Å²) >= 11 is 0. The van der Waals surface area contributed by atoms with Gasteiger partial charge in [-0.15, -0.1) is 0 Å². The molecule has 9 heteroatoms. The van der Waals surface area contributed by atoms with E-state index in [0.29, 0.717) is 43.0 Å². The number of rotatable bonds is 8. The summed E-state index contributed by atoms with van der Waals surface area (Å²) in [5.41, 5.74) is 3.04. The molecule has 6 rings (SSSR count). The predicted octanol–water partition coefficient (Wildman–Crippen LogP) is 3.40. The second-order valence-electron chi connectivity index (χ2n) is 11.9. The normalized spacial score (nSPS) is 25.6. The maximum atomic E-state index is 14.0. The number of ether oxygens (including phenoxy) is 1. The van der Waals surface area contributed by atoms with Crippen LogP contribution in [0.2, 0.25) is 0 Å². The van der Waals surface area contributed by atoms with Crippen LogP contribution in [0.15, 0.2) is 24.3 Å². The molecule has 0 bridgehead atoms. The Labute approximate surface area is 229 Å². The van der Waals surface area contributed by atoms with Crippen LogP contribution >= 0.6 is 0 Å². The fourth-order valence-electron chi connectivity index (χ4n) is 6.56. The zero-order valence-electron chi connectivity index (χ0n) is 22.9. The Kier molecular flexibility index (Phi) is 7.37. The maximum Gasteiger partial charge on any atom is 0.257 e. The Balaban J connectivity index is 1.06. The predicted molar refractivity (Wildman–Crippen MR) is 144 cm³/mol. The van der Waals surface area contributed by atoms with E-state index in [1.54, 1.807) is 6.07 Å². The number of nitrogens with zero attached hydrogens (tertiary/aromatic N) is 4. The zero-order chi connectivity index (χ0) is 27.1. The summed E-state index contributed by atoms with van der Waals surface area (Å²) in [5.74, 6) is 1.81. The van der Waals surface area contributed by atoms with Crippen molar-refractivity contribution in [1.29, 1.82) is 0 Å². The molecule has 1 N–H and O–H groups in total. The van der Waals surface area contributed by atoms with Crippen molar-refractivity contribution in [2.75, 3.05) is 45.9 Å². The number of nitrogens with one attached hydrogen (secondary N) is 1. The van der Waals surface area contributed by atoms with Crippen molar-refractivity contribution in [3.8, 4) is 0 Å². The van der Waals surface area contributed by atoms with Crippen LogP contribution in [0.3, 0.4) is 0 Å². The van der Waals surface area contributed by atoms with Crippen LogP contribution in [-0.4, -0.2) is 77.5 Å². The summed E-state index contributed by atoms with van der Waals surface area (Å²) in [6, 6.07) is 6.27. The van der Waals surface area contributed by atoms with Crippen LogP contribution in [0, 0.1) is 37.4 Å². The first-order chi connectivity index (χ1) is 18.9. The summed E-state index contributed by atoms with van der Waals surface area (Å²) in [7, 11) is 0. The third-order valence-electron chi connectivity index (χ3n) is 8.90. The molecule has 4 aliphatic rings. The quantitative estimate of drug-likeness (QED) is 0.558. The largest absolute Gasteiger partial charge is 0.381 e. The topological polar surface area (TPSA) is 87.7 Å². The van der Waals surface area contributed by atoms with Gasteiger partial charge in [0.1, 0.15) is 11.6 Å². The van der Waals surface area contributed by atoms with Gasteiger partial charge in [-0.1, -0.05) is 12.1 Å². The van der Waals surface area contributed by atoms with Crippen molar-refractivity contribution in [1.82, 2.24) is 25.1 Å². The molecule has 0 spiro atoms. The van der Waals surface area contributed by atoms with Crippen molar-refractivity contribution in [2.24, 2.45) is 17.8 Å². The van der Waals surface area contributed by atoms with Gasteiger partial charge in [0.2, 0.25) is 5.91 Å². The Hall–Kier alpha value is -2.91. The number of halogens is 1. The van der Waals surface area contributed by atoms with E-state index in [2.05, 4.69) is 20.2 Å². The van der Waals surface area contributed by atoms with E-state index in [4.69, 9.17) is 4.74 Å². The van der Waals surface area contributed by atoms with Gasteiger partial charge < -0.3 is 19.9 Å². The molecule has 3 unspecified atom stereocenters. The Morgan fingerprint density at radius 3 is 2.41 bits per heavy atom. The molecule has 2 amide bonds. The molecule has 4 atom stereocenters. The number of hydrogen-bond acceptors (Lipinski definition) is 6. The second-order valence-corrected chi connectivity index (χ2v) is 11.9. The fourth-order valence-corrected chi connectivity index (χ4v) is 6.56. The van der Waals surface area contributed by atoms with Crippen LogP contribution in [-0.2, 0) is 9.53 Å². The van der Waals surface area contributed by atoms with Crippen LogP contribution in [0.4, 0.5) is 4.39 Å². The van der Waals surface area contributed by atoms with Gasteiger partial charge >= 0.3 is 0 Å². The molecular weight excluding hydrogens is 497 g/mol. The number of carbonyl (C=O) groups is 2. The first-order valence-corrected chi connectivity index (χ1v) is 14.4. The van der Waals surface area contributed by atoms with Gasteiger partial charge in [-0.05, 0) is 69.1 Å². The average molecular weight is 536 g/mol. The van der Waals surface area contributed by atoms with Gasteiger partial charge in [0.15, 0.2) is 0 Å². The molecule has 3 aliphatic heterocycles. The molecule has 4 fully saturated rings. The number of benzene rings is 1. The number of hydrogen-bond donors (Lipinski definition) is 1. The average Bonchev–Trinajstić information content (AvgIpc) is 3.27. The van der Waals surface area contributed by atoms with Gasteiger partial charge in [-0.25, -0.2) is 14.4 Å². The number of amides is 2. The van der Waals surface area contributed by atoms with Gasteiger partial charge in [0.05, 0.1) is 35.5 Å². The third-order valence-corrected chi connectivity index (χ3v) is 8.90. The summed E-state index contributed by atoms with van der Waals surface area (Å²) < 4.78 is 19.4. The Bertz CT molecular complexity index is 1210. The van der Waals surface area contributed by atoms with Gasteiger partial charge in [0.25, 0.3) is 5.91 Å². The van der Waals surface area contributed by atoms with Gasteiger partial charge in [-0.3, -0.25) is 9.59 Å². The van der Waals surface area contributed by atoms with Crippen molar-refractivity contribution in [3.05, 3.63) is 58.4 Å². The lowest BCUT2D eigenvalue weighted by Crippen LogP contribution is -2.37. The molecule has 1 aromatic carbocycles. The zero-order valence-corrected chi connectivity index (χ0v) is 22.9. The van der Waals surface area contributed by atoms with Crippen molar-refractivity contribution in [2.45, 2.75) is 51.5 Å². The summed E-state index contributed by atoms with van der Waals surface area (Å²) in [4.78, 5) is 40.0.